The lowest BCUT2D eigenvalue weighted by Gasteiger charge is -2.09. The average molecular weight is 282 g/mol. The monoisotopic (exact) mass is 282 g/mol. The van der Waals surface area contributed by atoms with Gasteiger partial charge in [0.05, 0.1) is 23.8 Å². The third-order valence-electron chi connectivity index (χ3n) is 3.25. The van der Waals surface area contributed by atoms with Gasteiger partial charge in [-0.25, -0.2) is 4.98 Å². The number of benzene rings is 2. The maximum atomic E-state index is 12.1. The summed E-state index contributed by atoms with van der Waals surface area (Å²) in [6.45, 7) is 0.566. The molecule has 0 N–H and O–H groups in total. The second-order valence-electron chi connectivity index (χ2n) is 4.52. The van der Waals surface area contributed by atoms with Gasteiger partial charge in [0.2, 0.25) is 0 Å². The van der Waals surface area contributed by atoms with Gasteiger partial charge >= 0.3 is 0 Å². The van der Waals surface area contributed by atoms with Crippen LogP contribution in [0.3, 0.4) is 0 Å². The summed E-state index contributed by atoms with van der Waals surface area (Å²) >= 11 is 1.71. The van der Waals surface area contributed by atoms with Crippen LogP contribution in [-0.2, 0) is 6.54 Å². The Hall–Kier alpha value is -2.07. The first-order valence-electron chi connectivity index (χ1n) is 6.35. The van der Waals surface area contributed by atoms with E-state index in [-0.39, 0.29) is 5.56 Å². The Morgan fingerprint density at radius 3 is 2.60 bits per heavy atom. The predicted molar refractivity (Wildman–Crippen MR) is 83.3 cm³/mol. The molecule has 4 heteroatoms. The minimum atomic E-state index is -0.0716. The zero-order valence-electron chi connectivity index (χ0n) is 11.1. The quantitative estimate of drug-likeness (QED) is 0.692. The number of hydrogen-bond acceptors (Lipinski definition) is 3. The molecule has 0 atom stereocenters. The second kappa shape index (κ2) is 5.51. The number of para-hydroxylation sites is 2. The van der Waals surface area contributed by atoms with E-state index in [0.717, 1.165) is 16.6 Å². The van der Waals surface area contributed by atoms with Crippen LogP contribution in [0.4, 0.5) is 0 Å². The molecule has 0 unspecified atom stereocenters. The maximum Gasteiger partial charge on any atom is 0.269 e. The van der Waals surface area contributed by atoms with Gasteiger partial charge in [0, 0.05) is 4.90 Å². The largest absolute Gasteiger partial charge is 0.301 e. The van der Waals surface area contributed by atoms with Crippen LogP contribution < -0.4 is 5.56 Å². The highest BCUT2D eigenvalue weighted by molar-refractivity contribution is 7.98. The Balaban J connectivity index is 2.05. The standard InChI is InChI=1S/C16H14N2OS/c1-20-13-8-6-12(7-9-13)11-18-15-5-3-2-4-14(15)17-10-16(18)19/h2-10H,11H2,1H3. The van der Waals surface area contributed by atoms with Crippen LogP contribution in [-0.4, -0.2) is 15.8 Å². The van der Waals surface area contributed by atoms with E-state index >= 15 is 0 Å². The van der Waals surface area contributed by atoms with Gasteiger partial charge in [-0.15, -0.1) is 11.8 Å². The van der Waals surface area contributed by atoms with Crippen LogP contribution in [0.1, 0.15) is 5.56 Å². The Morgan fingerprint density at radius 1 is 1.10 bits per heavy atom. The fraction of sp³-hybridized carbons (Fsp3) is 0.125. The van der Waals surface area contributed by atoms with E-state index in [1.165, 1.54) is 11.1 Å². The molecule has 0 radical (unpaired) electrons. The molecule has 0 fully saturated rings. The molecule has 3 aromatic rings. The van der Waals surface area contributed by atoms with E-state index < -0.39 is 0 Å². The first kappa shape index (κ1) is 12.9. The SMILES string of the molecule is CSc1ccc(Cn2c(=O)cnc3ccccc32)cc1. The van der Waals surface area contributed by atoms with Crippen LogP contribution in [0.15, 0.2) is 64.4 Å². The van der Waals surface area contributed by atoms with Gasteiger partial charge in [-0.1, -0.05) is 24.3 Å². The first-order chi connectivity index (χ1) is 9.78. The van der Waals surface area contributed by atoms with Gasteiger partial charge in [-0.05, 0) is 36.1 Å². The lowest BCUT2D eigenvalue weighted by molar-refractivity contribution is 0.786. The van der Waals surface area contributed by atoms with E-state index in [1.807, 2.05) is 24.3 Å². The summed E-state index contributed by atoms with van der Waals surface area (Å²) in [6.07, 6.45) is 3.44. The topological polar surface area (TPSA) is 34.9 Å². The minimum Gasteiger partial charge on any atom is -0.301 e. The molecule has 3 rings (SSSR count). The lowest BCUT2D eigenvalue weighted by Crippen LogP contribution is -2.20. The Kier molecular flexibility index (Phi) is 3.56. The minimum absolute atomic E-state index is 0.0716. The summed E-state index contributed by atoms with van der Waals surface area (Å²) in [6, 6.07) is 16.0. The van der Waals surface area contributed by atoms with Gasteiger partial charge in [-0.2, -0.15) is 0 Å². The number of fused-ring (bicyclic) bond motifs is 1. The molecule has 3 nitrogen and oxygen atoms in total. The van der Waals surface area contributed by atoms with Crippen LogP contribution in [0, 0.1) is 0 Å². The zero-order valence-corrected chi connectivity index (χ0v) is 11.9. The van der Waals surface area contributed by atoms with Crippen molar-refractivity contribution < 1.29 is 0 Å². The second-order valence-corrected chi connectivity index (χ2v) is 5.40. The molecule has 0 aliphatic rings. The number of hydrogen-bond donors (Lipinski definition) is 0. The van der Waals surface area contributed by atoms with E-state index in [1.54, 1.807) is 16.3 Å². The van der Waals surface area contributed by atoms with E-state index in [0.29, 0.717) is 6.54 Å². The van der Waals surface area contributed by atoms with Crippen molar-refractivity contribution in [1.82, 2.24) is 9.55 Å². The summed E-state index contributed by atoms with van der Waals surface area (Å²) in [4.78, 5) is 17.5. The normalized spacial score (nSPS) is 10.8. The maximum absolute atomic E-state index is 12.1. The number of aromatic nitrogens is 2. The molecule has 100 valence electrons. The van der Waals surface area contributed by atoms with Gasteiger partial charge < -0.3 is 4.57 Å². The van der Waals surface area contributed by atoms with Crippen molar-refractivity contribution in [3.05, 3.63) is 70.6 Å². The molecular formula is C16H14N2OS. The summed E-state index contributed by atoms with van der Waals surface area (Å²) in [7, 11) is 0. The van der Waals surface area contributed by atoms with Gasteiger partial charge in [0.15, 0.2) is 0 Å². The molecule has 0 amide bonds. The van der Waals surface area contributed by atoms with E-state index in [2.05, 4.69) is 35.5 Å². The summed E-state index contributed by atoms with van der Waals surface area (Å²) in [5.41, 5.74) is 2.75. The highest BCUT2D eigenvalue weighted by Gasteiger charge is 2.04. The third kappa shape index (κ3) is 2.47. The summed E-state index contributed by atoms with van der Waals surface area (Å²) < 4.78 is 1.76. The molecule has 2 aromatic carbocycles. The summed E-state index contributed by atoms with van der Waals surface area (Å²) in [5, 5.41) is 0. The van der Waals surface area contributed by atoms with Crippen molar-refractivity contribution in [2.75, 3.05) is 6.26 Å². The fourth-order valence-electron chi connectivity index (χ4n) is 2.19. The Bertz CT molecular complexity index is 793. The average Bonchev–Trinajstić information content (AvgIpc) is 2.51. The van der Waals surface area contributed by atoms with Crippen molar-refractivity contribution in [2.24, 2.45) is 0 Å². The number of rotatable bonds is 3. The van der Waals surface area contributed by atoms with Gasteiger partial charge in [-0.3, -0.25) is 4.79 Å². The van der Waals surface area contributed by atoms with E-state index in [4.69, 9.17) is 0 Å². The van der Waals surface area contributed by atoms with Gasteiger partial charge in [0.1, 0.15) is 0 Å². The molecular weight excluding hydrogens is 268 g/mol. The van der Waals surface area contributed by atoms with Crippen LogP contribution in [0.2, 0.25) is 0 Å². The highest BCUT2D eigenvalue weighted by Crippen LogP contribution is 2.16. The first-order valence-corrected chi connectivity index (χ1v) is 7.58. The predicted octanol–water partition coefficient (Wildman–Crippen LogP) is 3.17. The molecule has 1 heterocycles. The smallest absolute Gasteiger partial charge is 0.269 e. The zero-order chi connectivity index (χ0) is 13.9. The molecule has 0 spiro atoms. The molecule has 0 saturated carbocycles. The Labute approximate surface area is 121 Å². The third-order valence-corrected chi connectivity index (χ3v) is 4.00. The lowest BCUT2D eigenvalue weighted by atomic mass is 10.2. The van der Waals surface area contributed by atoms with Crippen LogP contribution >= 0.6 is 11.8 Å². The van der Waals surface area contributed by atoms with Crippen molar-refractivity contribution in [2.45, 2.75) is 11.4 Å². The number of nitrogens with zero attached hydrogens (tertiary/aromatic N) is 2. The molecule has 0 saturated heterocycles. The van der Waals surface area contributed by atoms with Crippen molar-refractivity contribution in [1.29, 1.82) is 0 Å². The molecule has 0 aliphatic heterocycles. The van der Waals surface area contributed by atoms with Crippen molar-refractivity contribution >= 4 is 22.8 Å². The van der Waals surface area contributed by atoms with Crippen LogP contribution in [0.25, 0.3) is 11.0 Å². The highest BCUT2D eigenvalue weighted by atomic mass is 32.2. The summed E-state index contributed by atoms with van der Waals surface area (Å²) in [5.74, 6) is 0. The molecule has 0 bridgehead atoms. The fourth-order valence-corrected chi connectivity index (χ4v) is 2.60. The van der Waals surface area contributed by atoms with Crippen molar-refractivity contribution in [3.8, 4) is 0 Å². The molecule has 1 aromatic heterocycles. The van der Waals surface area contributed by atoms with Crippen molar-refractivity contribution in [3.63, 3.8) is 0 Å². The Morgan fingerprint density at radius 2 is 1.85 bits per heavy atom. The molecule has 0 aliphatic carbocycles. The molecule has 20 heavy (non-hydrogen) atoms. The van der Waals surface area contributed by atoms with Crippen LogP contribution in [0.5, 0.6) is 0 Å². The van der Waals surface area contributed by atoms with E-state index in [9.17, 15) is 4.79 Å². The number of thioether (sulfide) groups is 1. The van der Waals surface area contributed by atoms with Gasteiger partial charge in [0.25, 0.3) is 5.56 Å².